The van der Waals surface area contributed by atoms with Gasteiger partial charge in [-0.25, -0.2) is 9.59 Å². The second kappa shape index (κ2) is 8.03. The van der Waals surface area contributed by atoms with E-state index < -0.39 is 27.0 Å². The van der Waals surface area contributed by atoms with Gasteiger partial charge in [0.25, 0.3) is 10.1 Å². The highest BCUT2D eigenvalue weighted by molar-refractivity contribution is 7.85. The Kier molecular flexibility index (Phi) is 5.53. The zero-order valence-corrected chi connectivity index (χ0v) is 15.1. The second-order valence-electron chi connectivity index (χ2n) is 5.63. The van der Waals surface area contributed by atoms with E-state index >= 15 is 0 Å². The highest BCUT2D eigenvalue weighted by atomic mass is 32.2. The van der Waals surface area contributed by atoms with Crippen molar-refractivity contribution in [3.8, 4) is 11.5 Å². The minimum Gasteiger partial charge on any atom is -0.423 e. The molecule has 0 amide bonds. The van der Waals surface area contributed by atoms with Crippen LogP contribution in [0.1, 0.15) is 20.7 Å². The number of hydrogen-bond donors (Lipinski definition) is 1. The average Bonchev–Trinajstić information content (AvgIpc) is 2.68. The highest BCUT2D eigenvalue weighted by Gasteiger charge is 2.21. The van der Waals surface area contributed by atoms with Gasteiger partial charge in [0, 0.05) is 0 Å². The number of hydrogen-bond acceptors (Lipinski definition) is 6. The first kappa shape index (κ1) is 19.3. The maximum Gasteiger partial charge on any atom is 0.343 e. The van der Waals surface area contributed by atoms with Crippen LogP contribution in [0.15, 0.2) is 83.8 Å². The van der Waals surface area contributed by atoms with Gasteiger partial charge in [-0.2, -0.15) is 8.42 Å². The Balaban J connectivity index is 1.95. The predicted molar refractivity (Wildman–Crippen MR) is 99.1 cm³/mol. The average molecular weight is 398 g/mol. The molecule has 3 aromatic rings. The third kappa shape index (κ3) is 4.81. The lowest BCUT2D eigenvalue weighted by Crippen LogP contribution is -2.14. The van der Waals surface area contributed by atoms with E-state index in [2.05, 4.69) is 0 Å². The molecule has 3 aromatic carbocycles. The summed E-state index contributed by atoms with van der Waals surface area (Å²) in [4.78, 5) is 24.1. The van der Waals surface area contributed by atoms with Gasteiger partial charge in [-0.15, -0.1) is 0 Å². The largest absolute Gasteiger partial charge is 0.423 e. The van der Waals surface area contributed by atoms with Crippen molar-refractivity contribution >= 4 is 22.1 Å². The van der Waals surface area contributed by atoms with Crippen LogP contribution in [0.3, 0.4) is 0 Å². The second-order valence-corrected chi connectivity index (χ2v) is 7.05. The summed E-state index contributed by atoms with van der Waals surface area (Å²) in [5.74, 6) is -1.33. The third-order valence-electron chi connectivity index (χ3n) is 3.58. The molecule has 0 aliphatic carbocycles. The Bertz CT molecular complexity index is 1040. The molecule has 3 rings (SSSR count). The normalized spacial score (nSPS) is 10.9. The van der Waals surface area contributed by atoms with Crippen LogP contribution >= 0.6 is 0 Å². The monoisotopic (exact) mass is 398 g/mol. The van der Waals surface area contributed by atoms with Crippen molar-refractivity contribution in [1.29, 1.82) is 0 Å². The smallest absolute Gasteiger partial charge is 0.343 e. The Morgan fingerprint density at radius 3 is 1.43 bits per heavy atom. The maximum atomic E-state index is 12.4. The molecule has 0 spiro atoms. The fourth-order valence-electron chi connectivity index (χ4n) is 2.29. The molecule has 0 radical (unpaired) electrons. The van der Waals surface area contributed by atoms with Gasteiger partial charge in [-0.3, -0.25) is 4.55 Å². The lowest BCUT2D eigenvalue weighted by Gasteiger charge is -2.09. The van der Waals surface area contributed by atoms with Crippen molar-refractivity contribution in [1.82, 2.24) is 0 Å². The molecule has 0 saturated carbocycles. The molecule has 142 valence electrons. The number of carbonyl (C=O) groups is 2. The van der Waals surface area contributed by atoms with E-state index in [-0.39, 0.29) is 22.6 Å². The van der Waals surface area contributed by atoms with Gasteiger partial charge in [0.2, 0.25) is 0 Å². The van der Waals surface area contributed by atoms with Gasteiger partial charge in [0.05, 0.1) is 16.0 Å². The van der Waals surface area contributed by atoms with E-state index in [9.17, 15) is 22.6 Å². The zero-order valence-electron chi connectivity index (χ0n) is 14.3. The first-order valence-corrected chi connectivity index (χ1v) is 9.44. The van der Waals surface area contributed by atoms with Crippen LogP contribution in [0, 0.1) is 0 Å². The SMILES string of the molecule is O=C(Oc1ccccc1)c1cc(C(=O)Oc2ccccc2)cc(S(=O)(=O)O)c1. The summed E-state index contributed by atoms with van der Waals surface area (Å²) in [6.45, 7) is 0. The van der Waals surface area contributed by atoms with Gasteiger partial charge in [-0.05, 0) is 42.5 Å². The lowest BCUT2D eigenvalue weighted by atomic mass is 10.1. The summed E-state index contributed by atoms with van der Waals surface area (Å²) in [5.41, 5.74) is -0.474. The van der Waals surface area contributed by atoms with Crippen LogP contribution in [0.4, 0.5) is 0 Å². The number of para-hydroxylation sites is 2. The van der Waals surface area contributed by atoms with Crippen molar-refractivity contribution in [2.75, 3.05) is 0 Å². The van der Waals surface area contributed by atoms with E-state index in [4.69, 9.17) is 9.47 Å². The molecule has 28 heavy (non-hydrogen) atoms. The van der Waals surface area contributed by atoms with Crippen LogP contribution in [0.5, 0.6) is 11.5 Å². The van der Waals surface area contributed by atoms with E-state index in [1.54, 1.807) is 36.4 Å². The summed E-state index contributed by atoms with van der Waals surface area (Å²) in [5, 5.41) is 0. The Labute approximate surface area is 160 Å². The van der Waals surface area contributed by atoms with Gasteiger partial charge in [0.15, 0.2) is 0 Å². The molecule has 0 unspecified atom stereocenters. The maximum absolute atomic E-state index is 12.4. The molecule has 8 heteroatoms. The molecule has 0 saturated heterocycles. The topological polar surface area (TPSA) is 107 Å². The van der Waals surface area contributed by atoms with Gasteiger partial charge >= 0.3 is 11.9 Å². The lowest BCUT2D eigenvalue weighted by molar-refractivity contribution is 0.0734. The fourth-order valence-corrected chi connectivity index (χ4v) is 2.84. The van der Waals surface area contributed by atoms with Gasteiger partial charge < -0.3 is 9.47 Å². The highest BCUT2D eigenvalue weighted by Crippen LogP contribution is 2.20. The van der Waals surface area contributed by atoms with Crippen LogP contribution in [-0.4, -0.2) is 24.9 Å². The van der Waals surface area contributed by atoms with Crippen LogP contribution in [-0.2, 0) is 10.1 Å². The van der Waals surface area contributed by atoms with Gasteiger partial charge in [0.1, 0.15) is 11.5 Å². The molecular weight excluding hydrogens is 384 g/mol. The van der Waals surface area contributed by atoms with Crippen molar-refractivity contribution in [2.45, 2.75) is 4.90 Å². The van der Waals surface area contributed by atoms with Crippen LogP contribution in [0.2, 0.25) is 0 Å². The van der Waals surface area contributed by atoms with Crippen molar-refractivity contribution in [2.24, 2.45) is 0 Å². The summed E-state index contributed by atoms with van der Waals surface area (Å²) in [6.07, 6.45) is 0. The molecule has 0 aliphatic rings. The molecule has 0 heterocycles. The van der Waals surface area contributed by atoms with Crippen LogP contribution in [0.25, 0.3) is 0 Å². The molecule has 0 bridgehead atoms. The zero-order chi connectivity index (χ0) is 20.1. The fraction of sp³-hybridized carbons (Fsp3) is 0. The van der Waals surface area contributed by atoms with E-state index in [0.717, 1.165) is 18.2 Å². The molecule has 0 aliphatic heterocycles. The van der Waals surface area contributed by atoms with Gasteiger partial charge in [-0.1, -0.05) is 36.4 Å². The number of ether oxygens (including phenoxy) is 2. The summed E-state index contributed by atoms with van der Waals surface area (Å²) in [7, 11) is -4.68. The van der Waals surface area contributed by atoms with Crippen molar-refractivity contribution in [3.05, 3.63) is 90.0 Å². The van der Waals surface area contributed by atoms with Crippen molar-refractivity contribution in [3.63, 3.8) is 0 Å². The molecule has 0 atom stereocenters. The number of esters is 2. The minimum atomic E-state index is -4.68. The summed E-state index contributed by atoms with van der Waals surface area (Å²) < 4.78 is 42.8. The molecule has 0 aromatic heterocycles. The van der Waals surface area contributed by atoms with E-state index in [1.807, 2.05) is 0 Å². The number of benzene rings is 3. The van der Waals surface area contributed by atoms with Crippen LogP contribution < -0.4 is 9.47 Å². The standard InChI is InChI=1S/C20H14O7S/c21-19(26-16-7-3-1-4-8-16)14-11-15(13-18(12-14)28(23,24)25)20(22)27-17-9-5-2-6-10-17/h1-13H,(H,23,24,25). The first-order valence-electron chi connectivity index (χ1n) is 8.00. The first-order chi connectivity index (χ1) is 13.3. The van der Waals surface area contributed by atoms with E-state index in [1.165, 1.54) is 24.3 Å². The Morgan fingerprint density at radius 2 is 1.07 bits per heavy atom. The van der Waals surface area contributed by atoms with E-state index in [0.29, 0.717) is 0 Å². The Morgan fingerprint density at radius 1 is 0.679 bits per heavy atom. The minimum absolute atomic E-state index is 0.234. The molecule has 0 fully saturated rings. The predicted octanol–water partition coefficient (Wildman–Crippen LogP) is 3.37. The summed E-state index contributed by atoms with van der Waals surface area (Å²) in [6, 6.07) is 19.2. The summed E-state index contributed by atoms with van der Waals surface area (Å²) >= 11 is 0. The quantitative estimate of drug-likeness (QED) is 0.399. The Hall–Kier alpha value is -3.49. The molecule has 1 N–H and O–H groups in total. The number of rotatable bonds is 5. The third-order valence-corrected chi connectivity index (χ3v) is 4.41. The van der Waals surface area contributed by atoms with Crippen molar-refractivity contribution < 1.29 is 32.0 Å². The number of carbonyl (C=O) groups excluding carboxylic acids is 2. The molecule has 7 nitrogen and oxygen atoms in total. The molecular formula is C20H14O7S.